The highest BCUT2D eigenvalue weighted by molar-refractivity contribution is 5.41. The van der Waals surface area contributed by atoms with Crippen molar-refractivity contribution in [2.45, 2.75) is 25.9 Å². The van der Waals surface area contributed by atoms with Gasteiger partial charge in [0.25, 0.3) is 0 Å². The lowest BCUT2D eigenvalue weighted by Gasteiger charge is -2.11. The molecular weight excluding hydrogens is 232 g/mol. The largest absolute Gasteiger partial charge is 0.391 e. The second-order valence-electron chi connectivity index (χ2n) is 4.04. The first-order chi connectivity index (χ1) is 8.76. The molecule has 1 unspecified atom stereocenters. The first-order valence-corrected chi connectivity index (χ1v) is 6.23. The maximum Gasteiger partial charge on any atom is 0.146 e. The predicted molar refractivity (Wildman–Crippen MR) is 71.8 cm³/mol. The molecule has 1 aromatic rings. The highest BCUT2D eigenvalue weighted by atomic mass is 16.5. The van der Waals surface area contributed by atoms with E-state index in [1.807, 2.05) is 0 Å². The van der Waals surface area contributed by atoms with Gasteiger partial charge in [-0.25, -0.2) is 4.98 Å². The van der Waals surface area contributed by atoms with Crippen LogP contribution in [-0.4, -0.2) is 48.0 Å². The minimum atomic E-state index is -0.447. The number of hydrogen-bond donors (Lipinski definition) is 3. The minimum absolute atomic E-state index is 0.353. The van der Waals surface area contributed by atoms with Crippen molar-refractivity contribution in [2.75, 3.05) is 37.4 Å². The number of nitrogens with zero attached hydrogens (tertiary/aromatic N) is 2. The molecule has 0 saturated heterocycles. The molecule has 0 aliphatic rings. The van der Waals surface area contributed by atoms with Crippen LogP contribution in [0, 0.1) is 0 Å². The Balaban J connectivity index is 2.33. The molecule has 0 saturated carbocycles. The molecule has 1 heterocycles. The van der Waals surface area contributed by atoms with E-state index >= 15 is 0 Å². The monoisotopic (exact) mass is 254 g/mol. The number of methoxy groups -OCH3 is 1. The van der Waals surface area contributed by atoms with E-state index in [2.05, 4.69) is 27.5 Å². The standard InChI is InChI=1S/C12H22N4O2/c1-3-5-14-11-7-13-8-12(16-11)15-6-4-10(17)9-18-2/h7-8,10,17H,3-6,9H2,1-2H3,(H2,14,15,16). The lowest BCUT2D eigenvalue weighted by molar-refractivity contribution is 0.0615. The third-order valence-corrected chi connectivity index (χ3v) is 2.33. The molecule has 0 aliphatic carbocycles. The normalized spacial score (nSPS) is 12.2. The van der Waals surface area contributed by atoms with Crippen molar-refractivity contribution >= 4 is 11.6 Å². The summed E-state index contributed by atoms with van der Waals surface area (Å²) in [7, 11) is 1.57. The Morgan fingerprint density at radius 1 is 1.28 bits per heavy atom. The quantitative estimate of drug-likeness (QED) is 0.612. The van der Waals surface area contributed by atoms with Gasteiger partial charge in [-0.05, 0) is 12.8 Å². The van der Waals surface area contributed by atoms with Gasteiger partial charge in [-0.3, -0.25) is 4.98 Å². The van der Waals surface area contributed by atoms with Crippen LogP contribution in [-0.2, 0) is 4.74 Å². The third-order valence-electron chi connectivity index (χ3n) is 2.33. The van der Waals surface area contributed by atoms with Crippen molar-refractivity contribution < 1.29 is 9.84 Å². The second-order valence-corrected chi connectivity index (χ2v) is 4.04. The van der Waals surface area contributed by atoms with Gasteiger partial charge in [0.15, 0.2) is 0 Å². The topological polar surface area (TPSA) is 79.3 Å². The lowest BCUT2D eigenvalue weighted by atomic mass is 10.3. The van der Waals surface area contributed by atoms with Crippen LogP contribution in [0.4, 0.5) is 11.6 Å². The van der Waals surface area contributed by atoms with Crippen molar-refractivity contribution in [3.63, 3.8) is 0 Å². The number of hydrogen-bond acceptors (Lipinski definition) is 6. The maximum atomic E-state index is 9.48. The Morgan fingerprint density at radius 3 is 2.56 bits per heavy atom. The highest BCUT2D eigenvalue weighted by Gasteiger charge is 2.03. The van der Waals surface area contributed by atoms with Crippen LogP contribution in [0.2, 0.25) is 0 Å². The van der Waals surface area contributed by atoms with E-state index in [0.717, 1.165) is 18.8 Å². The molecule has 1 rings (SSSR count). The summed E-state index contributed by atoms with van der Waals surface area (Å²) in [6, 6.07) is 0. The van der Waals surface area contributed by atoms with E-state index in [1.165, 1.54) is 0 Å². The molecule has 0 spiro atoms. The molecule has 18 heavy (non-hydrogen) atoms. The Hall–Kier alpha value is -1.40. The average Bonchev–Trinajstić information content (AvgIpc) is 2.37. The predicted octanol–water partition coefficient (Wildman–Crippen LogP) is 1.11. The highest BCUT2D eigenvalue weighted by Crippen LogP contribution is 2.06. The van der Waals surface area contributed by atoms with Gasteiger partial charge in [-0.2, -0.15) is 0 Å². The van der Waals surface area contributed by atoms with E-state index in [4.69, 9.17) is 4.74 Å². The molecular formula is C12H22N4O2. The Labute approximate surface area is 108 Å². The summed E-state index contributed by atoms with van der Waals surface area (Å²) in [5.41, 5.74) is 0. The fraction of sp³-hybridized carbons (Fsp3) is 0.667. The van der Waals surface area contributed by atoms with Gasteiger partial charge in [0.2, 0.25) is 0 Å². The van der Waals surface area contributed by atoms with Gasteiger partial charge < -0.3 is 20.5 Å². The van der Waals surface area contributed by atoms with Crippen LogP contribution < -0.4 is 10.6 Å². The smallest absolute Gasteiger partial charge is 0.146 e. The molecule has 6 nitrogen and oxygen atoms in total. The molecule has 1 aromatic heterocycles. The average molecular weight is 254 g/mol. The summed E-state index contributed by atoms with van der Waals surface area (Å²) < 4.78 is 4.85. The van der Waals surface area contributed by atoms with Crippen LogP contribution in [0.3, 0.4) is 0 Å². The zero-order chi connectivity index (χ0) is 13.2. The molecule has 1 atom stereocenters. The van der Waals surface area contributed by atoms with Crippen LogP contribution in [0.15, 0.2) is 12.4 Å². The number of ether oxygens (including phenoxy) is 1. The van der Waals surface area contributed by atoms with Crippen LogP contribution in [0.5, 0.6) is 0 Å². The Morgan fingerprint density at radius 2 is 1.94 bits per heavy atom. The molecule has 0 bridgehead atoms. The first-order valence-electron chi connectivity index (χ1n) is 6.23. The molecule has 3 N–H and O–H groups in total. The molecule has 0 amide bonds. The van der Waals surface area contributed by atoms with Gasteiger partial charge >= 0.3 is 0 Å². The summed E-state index contributed by atoms with van der Waals surface area (Å²) in [4.78, 5) is 8.45. The summed E-state index contributed by atoms with van der Waals surface area (Å²) in [6.07, 6.45) is 4.57. The van der Waals surface area contributed by atoms with Crippen molar-refractivity contribution in [3.05, 3.63) is 12.4 Å². The van der Waals surface area contributed by atoms with Crippen molar-refractivity contribution in [1.29, 1.82) is 0 Å². The third kappa shape index (κ3) is 5.79. The number of rotatable bonds is 9. The Kier molecular flexibility index (Phi) is 7.05. The van der Waals surface area contributed by atoms with Gasteiger partial charge in [0, 0.05) is 20.2 Å². The first kappa shape index (κ1) is 14.7. The summed E-state index contributed by atoms with van der Waals surface area (Å²) in [5, 5.41) is 15.8. The summed E-state index contributed by atoms with van der Waals surface area (Å²) >= 11 is 0. The number of aliphatic hydroxyl groups is 1. The van der Waals surface area contributed by atoms with Gasteiger partial charge in [0.05, 0.1) is 25.1 Å². The van der Waals surface area contributed by atoms with E-state index < -0.39 is 6.10 Å². The number of anilines is 2. The van der Waals surface area contributed by atoms with Crippen LogP contribution in [0.25, 0.3) is 0 Å². The van der Waals surface area contributed by atoms with E-state index in [1.54, 1.807) is 19.5 Å². The number of aromatic nitrogens is 2. The molecule has 0 aromatic carbocycles. The fourth-order valence-electron chi connectivity index (χ4n) is 1.43. The second kappa shape index (κ2) is 8.66. The number of aliphatic hydroxyl groups excluding tert-OH is 1. The van der Waals surface area contributed by atoms with Crippen LogP contribution in [0.1, 0.15) is 19.8 Å². The van der Waals surface area contributed by atoms with Crippen LogP contribution >= 0.6 is 0 Å². The molecule has 102 valence electrons. The summed E-state index contributed by atoms with van der Waals surface area (Å²) in [5.74, 6) is 1.47. The summed E-state index contributed by atoms with van der Waals surface area (Å²) in [6.45, 7) is 3.96. The maximum absolute atomic E-state index is 9.48. The molecule has 0 aliphatic heterocycles. The van der Waals surface area contributed by atoms with Gasteiger partial charge in [0.1, 0.15) is 11.6 Å². The Bertz CT molecular complexity index is 336. The zero-order valence-corrected chi connectivity index (χ0v) is 11.0. The molecule has 0 fully saturated rings. The molecule has 6 heteroatoms. The SMILES string of the molecule is CCCNc1cncc(NCCC(O)COC)n1. The number of nitrogens with one attached hydrogen (secondary N) is 2. The van der Waals surface area contributed by atoms with E-state index in [-0.39, 0.29) is 0 Å². The van der Waals surface area contributed by atoms with E-state index in [0.29, 0.717) is 25.4 Å². The minimum Gasteiger partial charge on any atom is -0.391 e. The van der Waals surface area contributed by atoms with Gasteiger partial charge in [-0.15, -0.1) is 0 Å². The fourth-order valence-corrected chi connectivity index (χ4v) is 1.43. The van der Waals surface area contributed by atoms with E-state index in [9.17, 15) is 5.11 Å². The van der Waals surface area contributed by atoms with Crippen molar-refractivity contribution in [1.82, 2.24) is 9.97 Å². The van der Waals surface area contributed by atoms with Crippen molar-refractivity contribution in [2.24, 2.45) is 0 Å². The van der Waals surface area contributed by atoms with Crippen molar-refractivity contribution in [3.8, 4) is 0 Å². The zero-order valence-electron chi connectivity index (χ0n) is 11.0. The molecule has 0 radical (unpaired) electrons. The van der Waals surface area contributed by atoms with Gasteiger partial charge in [-0.1, -0.05) is 6.92 Å². The lowest BCUT2D eigenvalue weighted by Crippen LogP contribution is -2.18.